The Bertz CT molecular complexity index is 1240. The lowest BCUT2D eigenvalue weighted by Gasteiger charge is -2.33. The van der Waals surface area contributed by atoms with E-state index < -0.39 is 0 Å². The second-order valence-corrected chi connectivity index (χ2v) is 11.8. The first-order valence-electron chi connectivity index (χ1n) is 15.7. The van der Waals surface area contributed by atoms with Gasteiger partial charge in [-0.1, -0.05) is 99.7 Å². The second-order valence-electron chi connectivity index (χ2n) is 11.8. The van der Waals surface area contributed by atoms with Gasteiger partial charge in [-0.3, -0.25) is 4.79 Å². The number of likely N-dealkylation sites (tertiary alicyclic amines) is 1. The van der Waals surface area contributed by atoms with Crippen molar-refractivity contribution in [1.29, 1.82) is 0 Å². The number of amides is 1. The van der Waals surface area contributed by atoms with Crippen molar-refractivity contribution in [3.05, 3.63) is 113 Å². The van der Waals surface area contributed by atoms with Gasteiger partial charge in [0.25, 0.3) is 5.91 Å². The summed E-state index contributed by atoms with van der Waals surface area (Å²) in [5, 5.41) is 3.15. The Morgan fingerprint density at radius 3 is 2.43 bits per heavy atom. The zero-order chi connectivity index (χ0) is 28.9. The summed E-state index contributed by atoms with van der Waals surface area (Å²) in [5.41, 5.74) is 13.3. The molecule has 1 aliphatic rings. The highest BCUT2D eigenvalue weighted by Crippen LogP contribution is 2.31. The third-order valence-corrected chi connectivity index (χ3v) is 8.47. The summed E-state index contributed by atoms with van der Waals surface area (Å²) in [6, 6.07) is 26.8. The van der Waals surface area contributed by atoms with E-state index in [9.17, 15) is 4.79 Å². The lowest BCUT2D eigenvalue weighted by Crippen LogP contribution is -2.34. The fourth-order valence-corrected chi connectivity index (χ4v) is 6.31. The zero-order valence-electron chi connectivity index (χ0n) is 25.2. The van der Waals surface area contributed by atoms with Gasteiger partial charge in [0.2, 0.25) is 0 Å². The number of nitrogens with one attached hydrogen (secondary N) is 1. The number of anilines is 1. The molecule has 3 aromatic rings. The summed E-state index contributed by atoms with van der Waals surface area (Å²) in [7, 11) is 0. The normalized spacial score (nSPS) is 15.1. The SMILES string of the molecule is C.CC/C=C(\CCCN1CCC(c2ccccc2C(=O)NCCc2ccccc2)CC1)CC(C)Cc1ccccc1N. The van der Waals surface area contributed by atoms with Crippen LogP contribution in [0.3, 0.4) is 0 Å². The lowest BCUT2D eigenvalue weighted by atomic mass is 9.86. The van der Waals surface area contributed by atoms with E-state index in [4.69, 9.17) is 5.73 Å². The zero-order valence-corrected chi connectivity index (χ0v) is 25.2. The monoisotopic (exact) mass is 567 g/mol. The molecule has 1 saturated heterocycles. The number of nitrogen functional groups attached to an aromatic ring is 1. The predicted octanol–water partition coefficient (Wildman–Crippen LogP) is 8.44. The van der Waals surface area contributed by atoms with E-state index in [1.54, 1.807) is 5.57 Å². The van der Waals surface area contributed by atoms with E-state index in [2.05, 4.69) is 66.5 Å². The first-order chi connectivity index (χ1) is 20.0. The van der Waals surface area contributed by atoms with Crippen molar-refractivity contribution in [2.24, 2.45) is 5.92 Å². The summed E-state index contributed by atoms with van der Waals surface area (Å²) in [4.78, 5) is 15.7. The molecule has 1 atom stereocenters. The lowest BCUT2D eigenvalue weighted by molar-refractivity contribution is 0.0952. The van der Waals surface area contributed by atoms with E-state index in [-0.39, 0.29) is 13.3 Å². The quantitative estimate of drug-likeness (QED) is 0.152. The van der Waals surface area contributed by atoms with E-state index in [0.29, 0.717) is 18.4 Å². The Labute approximate surface area is 255 Å². The molecule has 4 heteroatoms. The number of benzene rings is 3. The number of hydrogen-bond acceptors (Lipinski definition) is 3. The van der Waals surface area contributed by atoms with Gasteiger partial charge in [-0.05, 0) is 112 Å². The van der Waals surface area contributed by atoms with Crippen LogP contribution in [0.4, 0.5) is 5.69 Å². The maximum Gasteiger partial charge on any atom is 0.251 e. The Morgan fingerprint density at radius 1 is 1.00 bits per heavy atom. The molecule has 0 aromatic heterocycles. The second kappa shape index (κ2) is 17.6. The highest BCUT2D eigenvalue weighted by Gasteiger charge is 2.24. The molecule has 1 unspecified atom stereocenters. The molecule has 4 nitrogen and oxygen atoms in total. The molecule has 3 N–H and O–H groups in total. The molecule has 0 spiro atoms. The Morgan fingerprint density at radius 2 is 1.69 bits per heavy atom. The van der Waals surface area contributed by atoms with Crippen LogP contribution in [0, 0.1) is 5.92 Å². The molecule has 0 bridgehead atoms. The van der Waals surface area contributed by atoms with Gasteiger partial charge in [0.1, 0.15) is 0 Å². The van der Waals surface area contributed by atoms with Crippen molar-refractivity contribution in [2.75, 3.05) is 31.9 Å². The maximum atomic E-state index is 13.1. The minimum absolute atomic E-state index is 0. The fraction of sp³-hybridized carbons (Fsp3) is 0.447. The molecular weight excluding hydrogens is 514 g/mol. The standard InChI is InChI=1S/C37H49N3O.CH4/c1-3-12-31(27-29(2)28-33-16-7-10-19-36(33)38)15-11-24-40-25-21-32(22-26-40)34-17-8-9-18-35(34)37(41)39-23-20-30-13-5-4-6-14-30;/h4-10,12-14,16-19,29,32H,3,11,15,20-28,38H2,1-2H3,(H,39,41);1H4/b31-12+;. The average molecular weight is 568 g/mol. The van der Waals surface area contributed by atoms with E-state index in [1.165, 1.54) is 29.5 Å². The van der Waals surface area contributed by atoms with Crippen LogP contribution >= 0.6 is 0 Å². The maximum absolute atomic E-state index is 13.1. The minimum Gasteiger partial charge on any atom is -0.399 e. The number of piperidine rings is 1. The number of nitrogens with zero attached hydrogens (tertiary/aromatic N) is 1. The van der Waals surface area contributed by atoms with Crippen LogP contribution in [0.5, 0.6) is 0 Å². The van der Waals surface area contributed by atoms with Crippen LogP contribution in [-0.4, -0.2) is 37.0 Å². The topological polar surface area (TPSA) is 58.4 Å². The van der Waals surface area contributed by atoms with Crippen LogP contribution in [0.1, 0.15) is 92.8 Å². The highest BCUT2D eigenvalue weighted by molar-refractivity contribution is 5.95. The minimum atomic E-state index is 0. The number of carbonyl (C=O) groups excluding carboxylic acids is 1. The third kappa shape index (κ3) is 10.2. The van der Waals surface area contributed by atoms with Gasteiger partial charge in [0, 0.05) is 17.8 Å². The number of hydrogen-bond donors (Lipinski definition) is 2. The number of nitrogens with two attached hydrogens (primary N) is 1. The van der Waals surface area contributed by atoms with Gasteiger partial charge in [0.05, 0.1) is 0 Å². The molecule has 42 heavy (non-hydrogen) atoms. The van der Waals surface area contributed by atoms with Crippen LogP contribution in [-0.2, 0) is 12.8 Å². The summed E-state index contributed by atoms with van der Waals surface area (Å²) in [5.74, 6) is 1.09. The molecule has 0 radical (unpaired) electrons. The predicted molar refractivity (Wildman–Crippen MR) is 180 cm³/mol. The van der Waals surface area contributed by atoms with Crippen molar-refractivity contribution >= 4 is 11.6 Å². The van der Waals surface area contributed by atoms with Crippen LogP contribution in [0.25, 0.3) is 0 Å². The number of carbonyl (C=O) groups is 1. The van der Waals surface area contributed by atoms with Crippen molar-refractivity contribution in [1.82, 2.24) is 10.2 Å². The van der Waals surface area contributed by atoms with E-state index in [0.717, 1.165) is 69.4 Å². The van der Waals surface area contributed by atoms with Crippen molar-refractivity contribution in [3.63, 3.8) is 0 Å². The average Bonchev–Trinajstić information content (AvgIpc) is 2.99. The van der Waals surface area contributed by atoms with Crippen LogP contribution in [0.2, 0.25) is 0 Å². The summed E-state index contributed by atoms with van der Waals surface area (Å²) in [6.45, 7) is 8.60. The molecule has 226 valence electrons. The summed E-state index contributed by atoms with van der Waals surface area (Å²) < 4.78 is 0. The number of para-hydroxylation sites is 1. The van der Waals surface area contributed by atoms with Gasteiger partial charge >= 0.3 is 0 Å². The Balaban J connectivity index is 0.00000484. The van der Waals surface area contributed by atoms with Crippen LogP contribution in [0.15, 0.2) is 90.5 Å². The first-order valence-corrected chi connectivity index (χ1v) is 15.7. The molecule has 1 aliphatic heterocycles. The molecule has 0 saturated carbocycles. The summed E-state index contributed by atoms with van der Waals surface area (Å²) >= 11 is 0. The first kappa shape index (κ1) is 33.1. The number of allylic oxidation sites excluding steroid dienone is 2. The highest BCUT2D eigenvalue weighted by atomic mass is 16.1. The number of rotatable bonds is 14. The van der Waals surface area contributed by atoms with Gasteiger partial charge in [-0.15, -0.1) is 0 Å². The van der Waals surface area contributed by atoms with Gasteiger partial charge < -0.3 is 16.0 Å². The van der Waals surface area contributed by atoms with Crippen molar-refractivity contribution in [3.8, 4) is 0 Å². The largest absolute Gasteiger partial charge is 0.399 e. The van der Waals surface area contributed by atoms with Crippen molar-refractivity contribution < 1.29 is 4.79 Å². The molecule has 1 heterocycles. The fourth-order valence-electron chi connectivity index (χ4n) is 6.31. The molecular formula is C38H53N3O. The van der Waals surface area contributed by atoms with E-state index >= 15 is 0 Å². The van der Waals surface area contributed by atoms with Gasteiger partial charge in [-0.25, -0.2) is 0 Å². The van der Waals surface area contributed by atoms with Gasteiger partial charge in [0.15, 0.2) is 0 Å². The van der Waals surface area contributed by atoms with Crippen LogP contribution < -0.4 is 11.1 Å². The van der Waals surface area contributed by atoms with Gasteiger partial charge in [-0.2, -0.15) is 0 Å². The molecule has 1 fully saturated rings. The Hall–Kier alpha value is -3.37. The molecule has 4 rings (SSSR count). The van der Waals surface area contributed by atoms with E-state index in [1.807, 2.05) is 42.5 Å². The van der Waals surface area contributed by atoms with Crippen molar-refractivity contribution in [2.45, 2.75) is 78.6 Å². The Kier molecular flexibility index (Phi) is 13.8. The molecule has 0 aliphatic carbocycles. The third-order valence-electron chi connectivity index (χ3n) is 8.47. The smallest absolute Gasteiger partial charge is 0.251 e. The molecule has 3 aromatic carbocycles. The molecule has 1 amide bonds. The summed E-state index contributed by atoms with van der Waals surface area (Å²) in [6.07, 6.45) is 11.2.